The van der Waals surface area contributed by atoms with E-state index in [-0.39, 0.29) is 24.3 Å². The van der Waals surface area contributed by atoms with E-state index in [0.717, 1.165) is 36.3 Å². The van der Waals surface area contributed by atoms with Crippen LogP contribution < -0.4 is 15.4 Å². The average Bonchev–Trinajstić information content (AvgIpc) is 2.93. The van der Waals surface area contributed by atoms with E-state index in [1.807, 2.05) is 19.1 Å². The van der Waals surface area contributed by atoms with Crippen molar-refractivity contribution in [1.82, 2.24) is 15.5 Å². The van der Waals surface area contributed by atoms with Crippen LogP contribution in [0.3, 0.4) is 0 Å². The van der Waals surface area contributed by atoms with Crippen molar-refractivity contribution >= 4 is 11.8 Å². The highest BCUT2D eigenvalue weighted by atomic mass is 16.5. The molecular formula is C22H33N3O3. The van der Waals surface area contributed by atoms with E-state index in [1.165, 1.54) is 25.7 Å². The van der Waals surface area contributed by atoms with Gasteiger partial charge >= 0.3 is 0 Å². The van der Waals surface area contributed by atoms with E-state index in [9.17, 15) is 9.59 Å². The molecule has 1 saturated heterocycles. The zero-order valence-electron chi connectivity index (χ0n) is 17.1. The van der Waals surface area contributed by atoms with Crippen molar-refractivity contribution in [3.8, 4) is 5.75 Å². The Balaban J connectivity index is 1.62. The summed E-state index contributed by atoms with van der Waals surface area (Å²) in [5.41, 5.74) is 2.20. The first-order valence-electron chi connectivity index (χ1n) is 10.5. The van der Waals surface area contributed by atoms with Gasteiger partial charge < -0.3 is 15.4 Å². The second-order valence-electron chi connectivity index (χ2n) is 8.04. The SMILES string of the molecule is COc1ccc(CN2CCNC(=O)[C@@H]2CC(=O)NC2CCCCCC2)cc1C. The summed E-state index contributed by atoms with van der Waals surface area (Å²) in [6.45, 7) is 4.04. The summed E-state index contributed by atoms with van der Waals surface area (Å²) in [5, 5.41) is 6.09. The highest BCUT2D eigenvalue weighted by molar-refractivity contribution is 5.88. The van der Waals surface area contributed by atoms with Crippen LogP contribution in [0.5, 0.6) is 5.75 Å². The largest absolute Gasteiger partial charge is 0.496 e. The molecule has 0 radical (unpaired) electrons. The number of benzene rings is 1. The van der Waals surface area contributed by atoms with Gasteiger partial charge in [-0.25, -0.2) is 0 Å². The minimum atomic E-state index is -0.415. The second kappa shape index (κ2) is 9.92. The van der Waals surface area contributed by atoms with Crippen LogP contribution in [0.4, 0.5) is 0 Å². The molecule has 2 amide bonds. The number of aryl methyl sites for hydroxylation is 1. The predicted octanol–water partition coefficient (Wildman–Crippen LogP) is 2.53. The van der Waals surface area contributed by atoms with Gasteiger partial charge in [0.15, 0.2) is 0 Å². The number of hydrogen-bond donors (Lipinski definition) is 2. The summed E-state index contributed by atoms with van der Waals surface area (Å²) in [5.74, 6) is 0.803. The van der Waals surface area contributed by atoms with Crippen molar-refractivity contribution < 1.29 is 14.3 Å². The molecule has 0 aromatic heterocycles. The van der Waals surface area contributed by atoms with Crippen molar-refractivity contribution in [2.75, 3.05) is 20.2 Å². The normalized spacial score (nSPS) is 21.6. The molecule has 3 rings (SSSR count). The monoisotopic (exact) mass is 387 g/mol. The van der Waals surface area contributed by atoms with Gasteiger partial charge in [-0.2, -0.15) is 0 Å². The van der Waals surface area contributed by atoms with Gasteiger partial charge in [-0.15, -0.1) is 0 Å². The highest BCUT2D eigenvalue weighted by Crippen LogP contribution is 2.22. The van der Waals surface area contributed by atoms with E-state index < -0.39 is 6.04 Å². The standard InChI is InChI=1S/C22H33N3O3/c1-16-13-17(9-10-20(16)28-2)15-25-12-11-23-22(27)19(25)14-21(26)24-18-7-5-3-4-6-8-18/h9-10,13,18-19H,3-8,11-12,14-15H2,1-2H3,(H,23,27)(H,24,26)/t19-/m0/s1. The molecule has 2 aliphatic rings. The van der Waals surface area contributed by atoms with E-state index in [2.05, 4.69) is 21.6 Å². The number of carbonyl (C=O) groups excluding carboxylic acids is 2. The Labute approximate surface area is 168 Å². The van der Waals surface area contributed by atoms with Gasteiger partial charge in [0, 0.05) is 25.7 Å². The highest BCUT2D eigenvalue weighted by Gasteiger charge is 2.32. The van der Waals surface area contributed by atoms with Gasteiger partial charge in [-0.3, -0.25) is 14.5 Å². The fourth-order valence-corrected chi connectivity index (χ4v) is 4.33. The number of ether oxygens (including phenoxy) is 1. The smallest absolute Gasteiger partial charge is 0.237 e. The van der Waals surface area contributed by atoms with Gasteiger partial charge in [0.1, 0.15) is 5.75 Å². The van der Waals surface area contributed by atoms with Crippen LogP contribution in [-0.2, 0) is 16.1 Å². The van der Waals surface area contributed by atoms with E-state index in [1.54, 1.807) is 7.11 Å². The molecule has 1 saturated carbocycles. The Bertz CT molecular complexity index is 684. The van der Waals surface area contributed by atoms with Crippen molar-refractivity contribution in [3.63, 3.8) is 0 Å². The third kappa shape index (κ3) is 5.47. The number of amides is 2. The van der Waals surface area contributed by atoms with Gasteiger partial charge in [0.25, 0.3) is 0 Å². The van der Waals surface area contributed by atoms with Crippen molar-refractivity contribution in [2.24, 2.45) is 0 Å². The lowest BCUT2D eigenvalue weighted by Crippen LogP contribution is -2.56. The number of methoxy groups -OCH3 is 1. The number of carbonyl (C=O) groups is 2. The number of nitrogens with zero attached hydrogens (tertiary/aromatic N) is 1. The molecule has 2 fully saturated rings. The Kier molecular flexibility index (Phi) is 7.31. The van der Waals surface area contributed by atoms with Crippen LogP contribution in [0.1, 0.15) is 56.1 Å². The molecule has 28 heavy (non-hydrogen) atoms. The summed E-state index contributed by atoms with van der Waals surface area (Å²) in [6.07, 6.45) is 7.20. The molecule has 1 aromatic carbocycles. The molecule has 6 nitrogen and oxygen atoms in total. The Morgan fingerprint density at radius 2 is 2.00 bits per heavy atom. The molecule has 1 aromatic rings. The third-order valence-corrected chi connectivity index (χ3v) is 5.89. The fourth-order valence-electron chi connectivity index (χ4n) is 4.33. The molecule has 0 spiro atoms. The number of nitrogens with one attached hydrogen (secondary N) is 2. The van der Waals surface area contributed by atoms with Crippen LogP contribution in [0, 0.1) is 6.92 Å². The van der Waals surface area contributed by atoms with Crippen LogP contribution in [-0.4, -0.2) is 49.0 Å². The summed E-state index contributed by atoms with van der Waals surface area (Å²) < 4.78 is 5.33. The van der Waals surface area contributed by atoms with E-state index in [0.29, 0.717) is 13.1 Å². The van der Waals surface area contributed by atoms with E-state index in [4.69, 9.17) is 4.74 Å². The molecule has 154 valence electrons. The lowest BCUT2D eigenvalue weighted by Gasteiger charge is -2.35. The molecular weight excluding hydrogens is 354 g/mol. The number of piperazine rings is 1. The summed E-state index contributed by atoms with van der Waals surface area (Å²) in [4.78, 5) is 27.2. The summed E-state index contributed by atoms with van der Waals surface area (Å²) in [6, 6.07) is 5.93. The number of rotatable bonds is 6. The first kappa shape index (κ1) is 20.6. The number of hydrogen-bond acceptors (Lipinski definition) is 4. The van der Waals surface area contributed by atoms with Crippen molar-refractivity contribution in [1.29, 1.82) is 0 Å². The lowest BCUT2D eigenvalue weighted by molar-refractivity contribution is -0.134. The lowest BCUT2D eigenvalue weighted by atomic mass is 10.0. The Morgan fingerprint density at radius 3 is 2.68 bits per heavy atom. The summed E-state index contributed by atoms with van der Waals surface area (Å²) in [7, 11) is 1.67. The predicted molar refractivity (Wildman–Crippen MR) is 109 cm³/mol. The van der Waals surface area contributed by atoms with Gasteiger partial charge in [-0.05, 0) is 37.0 Å². The molecule has 2 N–H and O–H groups in total. The molecule has 1 heterocycles. The Morgan fingerprint density at radius 1 is 1.25 bits per heavy atom. The molecule has 6 heteroatoms. The maximum Gasteiger partial charge on any atom is 0.237 e. The Hall–Kier alpha value is -2.08. The van der Waals surface area contributed by atoms with Crippen LogP contribution in [0.25, 0.3) is 0 Å². The van der Waals surface area contributed by atoms with Crippen molar-refractivity contribution in [3.05, 3.63) is 29.3 Å². The zero-order valence-corrected chi connectivity index (χ0v) is 17.1. The first-order valence-corrected chi connectivity index (χ1v) is 10.5. The third-order valence-electron chi connectivity index (χ3n) is 5.89. The maximum atomic E-state index is 12.6. The first-order chi connectivity index (χ1) is 13.6. The molecule has 1 aliphatic heterocycles. The second-order valence-corrected chi connectivity index (χ2v) is 8.04. The topological polar surface area (TPSA) is 70.7 Å². The molecule has 0 bridgehead atoms. The van der Waals surface area contributed by atoms with Gasteiger partial charge in [0.05, 0.1) is 19.6 Å². The van der Waals surface area contributed by atoms with Crippen LogP contribution in [0.15, 0.2) is 18.2 Å². The van der Waals surface area contributed by atoms with Crippen LogP contribution >= 0.6 is 0 Å². The quantitative estimate of drug-likeness (QED) is 0.736. The maximum absolute atomic E-state index is 12.6. The zero-order chi connectivity index (χ0) is 19.9. The fraction of sp³-hybridized carbons (Fsp3) is 0.636. The molecule has 0 unspecified atom stereocenters. The van der Waals surface area contributed by atoms with Gasteiger partial charge in [-0.1, -0.05) is 37.8 Å². The van der Waals surface area contributed by atoms with Crippen molar-refractivity contribution in [2.45, 2.75) is 70.5 Å². The summed E-state index contributed by atoms with van der Waals surface area (Å²) >= 11 is 0. The molecule has 1 atom stereocenters. The van der Waals surface area contributed by atoms with E-state index >= 15 is 0 Å². The van der Waals surface area contributed by atoms with Gasteiger partial charge in [0.2, 0.25) is 11.8 Å². The molecule has 1 aliphatic carbocycles. The minimum absolute atomic E-state index is 0.00939. The minimum Gasteiger partial charge on any atom is -0.496 e. The van der Waals surface area contributed by atoms with Crippen LogP contribution in [0.2, 0.25) is 0 Å². The average molecular weight is 388 g/mol.